The molecule has 0 fully saturated rings. The van der Waals surface area contributed by atoms with Gasteiger partial charge in [0.05, 0.1) is 6.61 Å². The van der Waals surface area contributed by atoms with Crippen LogP contribution in [0.25, 0.3) is 10.8 Å². The van der Waals surface area contributed by atoms with Gasteiger partial charge in [-0.1, -0.05) is 56.3 Å². The van der Waals surface area contributed by atoms with Gasteiger partial charge in [0.2, 0.25) is 0 Å². The fourth-order valence-electron chi connectivity index (χ4n) is 2.61. The van der Waals surface area contributed by atoms with Gasteiger partial charge in [-0.05, 0) is 34.7 Å². The van der Waals surface area contributed by atoms with Crippen LogP contribution in [0, 0.1) is 5.92 Å². The molecule has 0 heterocycles. The molecule has 2 nitrogen and oxygen atoms in total. The molecule has 0 aliphatic carbocycles. The van der Waals surface area contributed by atoms with Gasteiger partial charge in [-0.15, -0.1) is 6.58 Å². The summed E-state index contributed by atoms with van der Waals surface area (Å²) < 4.78 is 0. The van der Waals surface area contributed by atoms with Gasteiger partial charge in [0, 0.05) is 12.1 Å². The van der Waals surface area contributed by atoms with Crippen LogP contribution in [0.3, 0.4) is 0 Å². The largest absolute Gasteiger partial charge is 0.395 e. The monoisotopic (exact) mass is 283 g/mol. The third-order valence-corrected chi connectivity index (χ3v) is 3.99. The Hall–Kier alpha value is -1.64. The number of hydrogen-bond acceptors (Lipinski definition) is 2. The van der Waals surface area contributed by atoms with Gasteiger partial charge in [-0.3, -0.25) is 0 Å². The number of benzene rings is 2. The molecule has 0 bridgehead atoms. The average molecular weight is 283 g/mol. The molecule has 0 aromatic heterocycles. The number of aliphatic hydroxyl groups is 1. The molecule has 0 spiro atoms. The van der Waals surface area contributed by atoms with Crippen molar-refractivity contribution in [3.8, 4) is 0 Å². The van der Waals surface area contributed by atoms with Crippen molar-refractivity contribution in [1.29, 1.82) is 0 Å². The first-order chi connectivity index (χ1) is 10.2. The Morgan fingerprint density at radius 3 is 2.48 bits per heavy atom. The molecule has 0 saturated carbocycles. The van der Waals surface area contributed by atoms with Gasteiger partial charge in [0.25, 0.3) is 0 Å². The van der Waals surface area contributed by atoms with Crippen molar-refractivity contribution in [2.24, 2.45) is 5.92 Å². The normalized spacial score (nSPS) is 14.3. The molecule has 2 rings (SSSR count). The van der Waals surface area contributed by atoms with E-state index < -0.39 is 0 Å². The number of nitrogens with one attached hydrogen (secondary N) is 1. The first-order valence-corrected chi connectivity index (χ1v) is 7.62. The highest BCUT2D eigenvalue weighted by molar-refractivity contribution is 5.83. The summed E-state index contributed by atoms with van der Waals surface area (Å²) in [5, 5.41) is 15.6. The maximum atomic E-state index is 9.54. The maximum absolute atomic E-state index is 9.54. The van der Waals surface area contributed by atoms with Crippen LogP contribution in [-0.4, -0.2) is 17.8 Å². The Kier molecular flexibility index (Phi) is 5.54. The summed E-state index contributed by atoms with van der Waals surface area (Å²) in [6.45, 7) is 8.26. The van der Waals surface area contributed by atoms with Gasteiger partial charge in [-0.2, -0.15) is 0 Å². The van der Waals surface area contributed by atoms with Crippen LogP contribution in [0.5, 0.6) is 0 Å². The molecule has 112 valence electrons. The molecule has 2 heteroatoms. The van der Waals surface area contributed by atoms with Crippen LogP contribution in [-0.2, 0) is 0 Å². The standard InChI is InChI=1S/C19H25NO/c1-4-7-18(20-19(13-21)14(2)3)17-11-10-15-8-5-6-9-16(15)12-17/h4-6,8-12,14,18-21H,1,7,13H2,2-3H3/t18-,19+/m0/s1. The lowest BCUT2D eigenvalue weighted by Crippen LogP contribution is -2.39. The van der Waals surface area contributed by atoms with Crippen LogP contribution in [0.2, 0.25) is 0 Å². The molecule has 2 N–H and O–H groups in total. The lowest BCUT2D eigenvalue weighted by Gasteiger charge is -2.27. The molecule has 21 heavy (non-hydrogen) atoms. The van der Waals surface area contributed by atoms with Gasteiger partial charge in [0.1, 0.15) is 0 Å². The van der Waals surface area contributed by atoms with Gasteiger partial charge >= 0.3 is 0 Å². The van der Waals surface area contributed by atoms with Crippen molar-refractivity contribution in [1.82, 2.24) is 5.32 Å². The van der Waals surface area contributed by atoms with E-state index in [1.165, 1.54) is 16.3 Å². The Balaban J connectivity index is 2.28. The molecule has 0 unspecified atom stereocenters. The van der Waals surface area contributed by atoms with Gasteiger partial charge in [0.15, 0.2) is 0 Å². The van der Waals surface area contributed by atoms with Crippen molar-refractivity contribution in [2.75, 3.05) is 6.61 Å². The Morgan fingerprint density at radius 1 is 1.14 bits per heavy atom. The molecule has 2 aromatic rings. The fourth-order valence-corrected chi connectivity index (χ4v) is 2.61. The molecular formula is C19H25NO. The minimum Gasteiger partial charge on any atom is -0.395 e. The van der Waals surface area contributed by atoms with Crippen LogP contribution in [0.15, 0.2) is 55.1 Å². The summed E-state index contributed by atoms with van der Waals surface area (Å²) in [6.07, 6.45) is 2.78. The molecule has 0 radical (unpaired) electrons. The fraction of sp³-hybridized carbons (Fsp3) is 0.368. The van der Waals surface area contributed by atoms with E-state index in [1.54, 1.807) is 0 Å². The van der Waals surface area contributed by atoms with E-state index in [9.17, 15) is 5.11 Å². The average Bonchev–Trinajstić information content (AvgIpc) is 2.50. The van der Waals surface area contributed by atoms with Crippen LogP contribution >= 0.6 is 0 Å². The SMILES string of the molecule is C=CC[C@H](N[C@H](CO)C(C)C)c1ccc2ccccc2c1. The van der Waals surface area contributed by atoms with Crippen LogP contribution in [0.1, 0.15) is 31.9 Å². The van der Waals surface area contributed by atoms with Crippen molar-refractivity contribution < 1.29 is 5.11 Å². The number of fused-ring (bicyclic) bond motifs is 1. The summed E-state index contributed by atoms with van der Waals surface area (Å²) in [6, 6.07) is 15.2. The van der Waals surface area contributed by atoms with E-state index >= 15 is 0 Å². The third-order valence-electron chi connectivity index (χ3n) is 3.99. The highest BCUT2D eigenvalue weighted by Crippen LogP contribution is 2.24. The second kappa shape index (κ2) is 7.39. The van der Waals surface area contributed by atoms with E-state index in [1.807, 2.05) is 6.08 Å². The zero-order valence-corrected chi connectivity index (χ0v) is 12.9. The highest BCUT2D eigenvalue weighted by Gasteiger charge is 2.18. The smallest absolute Gasteiger partial charge is 0.0587 e. The van der Waals surface area contributed by atoms with Crippen LogP contribution < -0.4 is 5.32 Å². The number of rotatable bonds is 7. The number of aliphatic hydroxyl groups excluding tert-OH is 1. The quantitative estimate of drug-likeness (QED) is 0.751. The summed E-state index contributed by atoms with van der Waals surface area (Å²) in [7, 11) is 0. The number of hydrogen-bond donors (Lipinski definition) is 2. The predicted molar refractivity (Wildman–Crippen MR) is 90.4 cm³/mol. The predicted octanol–water partition coefficient (Wildman–Crippen LogP) is 4.06. The van der Waals surface area contributed by atoms with Crippen LogP contribution in [0.4, 0.5) is 0 Å². The Bertz CT molecular complexity index is 591. The lowest BCUT2D eigenvalue weighted by atomic mass is 9.97. The van der Waals surface area contributed by atoms with E-state index in [-0.39, 0.29) is 18.7 Å². The van der Waals surface area contributed by atoms with Crippen molar-refractivity contribution in [2.45, 2.75) is 32.4 Å². The zero-order chi connectivity index (χ0) is 15.2. The first-order valence-electron chi connectivity index (χ1n) is 7.62. The van der Waals surface area contributed by atoms with Crippen molar-refractivity contribution >= 4 is 10.8 Å². The van der Waals surface area contributed by atoms with Crippen molar-refractivity contribution in [3.63, 3.8) is 0 Å². The van der Waals surface area contributed by atoms with Gasteiger partial charge < -0.3 is 10.4 Å². The topological polar surface area (TPSA) is 32.3 Å². The Labute approximate surface area is 127 Å². The molecule has 2 atom stereocenters. The van der Waals surface area contributed by atoms with E-state index in [0.717, 1.165) is 6.42 Å². The van der Waals surface area contributed by atoms with E-state index in [0.29, 0.717) is 5.92 Å². The highest BCUT2D eigenvalue weighted by atomic mass is 16.3. The molecular weight excluding hydrogens is 258 g/mol. The second-order valence-electron chi connectivity index (χ2n) is 5.88. The lowest BCUT2D eigenvalue weighted by molar-refractivity contribution is 0.199. The van der Waals surface area contributed by atoms with Crippen molar-refractivity contribution in [3.05, 3.63) is 60.7 Å². The van der Waals surface area contributed by atoms with E-state index in [4.69, 9.17) is 0 Å². The first kappa shape index (κ1) is 15.7. The summed E-state index contributed by atoms with van der Waals surface area (Å²) in [5.74, 6) is 0.391. The summed E-state index contributed by atoms with van der Waals surface area (Å²) in [4.78, 5) is 0. The second-order valence-corrected chi connectivity index (χ2v) is 5.88. The minimum atomic E-state index is 0.0985. The summed E-state index contributed by atoms with van der Waals surface area (Å²) >= 11 is 0. The Morgan fingerprint density at radius 2 is 1.86 bits per heavy atom. The minimum absolute atomic E-state index is 0.0985. The zero-order valence-electron chi connectivity index (χ0n) is 12.9. The van der Waals surface area contributed by atoms with E-state index in [2.05, 4.69) is 68.2 Å². The molecule has 0 aliphatic rings. The third kappa shape index (κ3) is 3.93. The molecule has 0 amide bonds. The molecule has 2 aromatic carbocycles. The molecule has 0 saturated heterocycles. The molecule has 0 aliphatic heterocycles. The summed E-state index contributed by atoms with van der Waals surface area (Å²) in [5.41, 5.74) is 1.24. The maximum Gasteiger partial charge on any atom is 0.0587 e. The van der Waals surface area contributed by atoms with Gasteiger partial charge in [-0.25, -0.2) is 0 Å².